The molecule has 2 rings (SSSR count). The van der Waals surface area contributed by atoms with Gasteiger partial charge in [-0.15, -0.1) is 0 Å². The van der Waals surface area contributed by atoms with Crippen LogP contribution in [0, 0.1) is 13.8 Å². The molecule has 1 aromatic carbocycles. The first-order chi connectivity index (χ1) is 8.11. The van der Waals surface area contributed by atoms with E-state index in [4.69, 9.17) is 4.42 Å². The van der Waals surface area contributed by atoms with Crippen molar-refractivity contribution in [3.8, 4) is 11.3 Å². The van der Waals surface area contributed by atoms with Crippen LogP contribution < -0.4 is 5.32 Å². The minimum atomic E-state index is 0.758. The van der Waals surface area contributed by atoms with Gasteiger partial charge in [-0.2, -0.15) is 0 Å². The number of aryl methyl sites for hydroxylation is 2. The Morgan fingerprint density at radius 2 is 1.82 bits per heavy atom. The minimum absolute atomic E-state index is 0.758. The molecule has 0 fully saturated rings. The van der Waals surface area contributed by atoms with Gasteiger partial charge in [-0.1, -0.05) is 15.9 Å². The van der Waals surface area contributed by atoms with E-state index in [1.54, 1.807) is 0 Å². The lowest BCUT2D eigenvalue weighted by atomic mass is 10.1. The SMILES string of the molecule is CNCc1ccc(-c2cc(C)c(Br)c(C)c2)o1. The number of nitrogens with one attached hydrogen (secondary N) is 1. The Bertz CT molecular complexity index is 508. The molecular weight excluding hydrogens is 278 g/mol. The summed E-state index contributed by atoms with van der Waals surface area (Å²) in [5.41, 5.74) is 3.59. The first-order valence-corrected chi connectivity index (χ1v) is 6.41. The Morgan fingerprint density at radius 3 is 2.41 bits per heavy atom. The van der Waals surface area contributed by atoms with Crippen LogP contribution in [-0.4, -0.2) is 7.05 Å². The second kappa shape index (κ2) is 5.07. The van der Waals surface area contributed by atoms with Crippen LogP contribution in [0.3, 0.4) is 0 Å². The van der Waals surface area contributed by atoms with Crippen LogP contribution in [-0.2, 0) is 6.54 Å². The molecule has 0 amide bonds. The molecule has 17 heavy (non-hydrogen) atoms. The van der Waals surface area contributed by atoms with Gasteiger partial charge in [0.25, 0.3) is 0 Å². The zero-order chi connectivity index (χ0) is 12.4. The van der Waals surface area contributed by atoms with Crippen LogP contribution in [0.15, 0.2) is 33.2 Å². The van der Waals surface area contributed by atoms with Crippen molar-refractivity contribution in [2.45, 2.75) is 20.4 Å². The van der Waals surface area contributed by atoms with E-state index in [-0.39, 0.29) is 0 Å². The molecule has 2 aromatic rings. The average molecular weight is 294 g/mol. The summed E-state index contributed by atoms with van der Waals surface area (Å²) in [7, 11) is 1.91. The summed E-state index contributed by atoms with van der Waals surface area (Å²) in [6, 6.07) is 8.31. The highest BCUT2D eigenvalue weighted by molar-refractivity contribution is 9.10. The lowest BCUT2D eigenvalue weighted by molar-refractivity contribution is 0.507. The Balaban J connectivity index is 2.39. The molecule has 0 aliphatic heterocycles. The van der Waals surface area contributed by atoms with Crippen molar-refractivity contribution in [1.29, 1.82) is 0 Å². The molecule has 1 heterocycles. The van der Waals surface area contributed by atoms with Crippen LogP contribution in [0.25, 0.3) is 11.3 Å². The summed E-state index contributed by atoms with van der Waals surface area (Å²) in [6.45, 7) is 4.95. The summed E-state index contributed by atoms with van der Waals surface area (Å²) in [6.07, 6.45) is 0. The van der Waals surface area contributed by atoms with Crippen molar-refractivity contribution in [2.24, 2.45) is 0 Å². The maximum atomic E-state index is 5.78. The van der Waals surface area contributed by atoms with E-state index < -0.39 is 0 Å². The topological polar surface area (TPSA) is 25.2 Å². The van der Waals surface area contributed by atoms with Crippen LogP contribution in [0.1, 0.15) is 16.9 Å². The van der Waals surface area contributed by atoms with Crippen molar-refractivity contribution < 1.29 is 4.42 Å². The summed E-state index contributed by atoms with van der Waals surface area (Å²) >= 11 is 3.58. The molecule has 0 bridgehead atoms. The van der Waals surface area contributed by atoms with Gasteiger partial charge in [-0.3, -0.25) is 0 Å². The Kier molecular flexibility index (Phi) is 3.69. The van der Waals surface area contributed by atoms with E-state index in [2.05, 4.69) is 47.2 Å². The fourth-order valence-corrected chi connectivity index (χ4v) is 2.12. The fourth-order valence-electron chi connectivity index (χ4n) is 1.89. The highest BCUT2D eigenvalue weighted by Gasteiger charge is 2.08. The predicted molar refractivity (Wildman–Crippen MR) is 74.1 cm³/mol. The Labute approximate surface area is 110 Å². The third kappa shape index (κ3) is 2.61. The first-order valence-electron chi connectivity index (χ1n) is 5.62. The minimum Gasteiger partial charge on any atom is -0.460 e. The molecule has 0 saturated heterocycles. The van der Waals surface area contributed by atoms with Gasteiger partial charge in [-0.05, 0) is 56.3 Å². The van der Waals surface area contributed by atoms with Gasteiger partial charge >= 0.3 is 0 Å². The lowest BCUT2D eigenvalue weighted by Gasteiger charge is -2.06. The predicted octanol–water partition coefficient (Wildman–Crippen LogP) is 4.05. The molecular formula is C14H16BrNO. The van der Waals surface area contributed by atoms with Crippen molar-refractivity contribution in [3.63, 3.8) is 0 Å². The first kappa shape index (κ1) is 12.4. The van der Waals surface area contributed by atoms with Gasteiger partial charge in [0.05, 0.1) is 6.54 Å². The van der Waals surface area contributed by atoms with E-state index in [1.165, 1.54) is 15.6 Å². The molecule has 0 atom stereocenters. The zero-order valence-electron chi connectivity index (χ0n) is 10.3. The molecule has 0 radical (unpaired) electrons. The van der Waals surface area contributed by atoms with Crippen LogP contribution >= 0.6 is 15.9 Å². The van der Waals surface area contributed by atoms with Crippen molar-refractivity contribution >= 4 is 15.9 Å². The number of hydrogen-bond donors (Lipinski definition) is 1. The zero-order valence-corrected chi connectivity index (χ0v) is 11.9. The number of halogens is 1. The van der Waals surface area contributed by atoms with Crippen molar-refractivity contribution in [1.82, 2.24) is 5.32 Å². The van der Waals surface area contributed by atoms with E-state index in [0.29, 0.717) is 0 Å². The summed E-state index contributed by atoms with van der Waals surface area (Å²) < 4.78 is 6.95. The van der Waals surface area contributed by atoms with E-state index in [1.807, 2.05) is 19.2 Å². The summed E-state index contributed by atoms with van der Waals surface area (Å²) in [5, 5.41) is 3.08. The highest BCUT2D eigenvalue weighted by atomic mass is 79.9. The molecule has 0 unspecified atom stereocenters. The van der Waals surface area contributed by atoms with E-state index >= 15 is 0 Å². The molecule has 90 valence electrons. The van der Waals surface area contributed by atoms with E-state index in [0.717, 1.165) is 23.6 Å². The standard InChI is InChI=1S/C14H16BrNO/c1-9-6-11(7-10(2)14(9)15)13-5-4-12(17-13)8-16-3/h4-7,16H,8H2,1-3H3. The Hall–Kier alpha value is -1.06. The van der Waals surface area contributed by atoms with Gasteiger partial charge in [0.1, 0.15) is 11.5 Å². The van der Waals surface area contributed by atoms with Gasteiger partial charge in [0.2, 0.25) is 0 Å². The molecule has 0 aliphatic carbocycles. The van der Waals surface area contributed by atoms with Crippen molar-refractivity contribution in [3.05, 3.63) is 45.6 Å². The highest BCUT2D eigenvalue weighted by Crippen LogP contribution is 2.29. The molecule has 3 heteroatoms. The summed E-state index contributed by atoms with van der Waals surface area (Å²) in [4.78, 5) is 0. The molecule has 0 saturated carbocycles. The molecule has 0 spiro atoms. The maximum absolute atomic E-state index is 5.78. The normalized spacial score (nSPS) is 10.8. The lowest BCUT2D eigenvalue weighted by Crippen LogP contribution is -2.03. The van der Waals surface area contributed by atoms with Crippen LogP contribution in [0.2, 0.25) is 0 Å². The number of benzene rings is 1. The number of hydrogen-bond acceptors (Lipinski definition) is 2. The van der Waals surface area contributed by atoms with Gasteiger partial charge in [-0.25, -0.2) is 0 Å². The monoisotopic (exact) mass is 293 g/mol. The van der Waals surface area contributed by atoms with Crippen LogP contribution in [0.5, 0.6) is 0 Å². The smallest absolute Gasteiger partial charge is 0.134 e. The second-order valence-electron chi connectivity index (χ2n) is 4.22. The molecule has 1 aromatic heterocycles. The van der Waals surface area contributed by atoms with Crippen molar-refractivity contribution in [2.75, 3.05) is 7.05 Å². The fraction of sp³-hybridized carbons (Fsp3) is 0.286. The summed E-state index contributed by atoms with van der Waals surface area (Å²) in [5.74, 6) is 1.88. The molecule has 0 aliphatic rings. The second-order valence-corrected chi connectivity index (χ2v) is 5.01. The molecule has 2 nitrogen and oxygen atoms in total. The third-order valence-electron chi connectivity index (χ3n) is 2.73. The van der Waals surface area contributed by atoms with Gasteiger partial charge in [0.15, 0.2) is 0 Å². The Morgan fingerprint density at radius 1 is 1.18 bits per heavy atom. The largest absolute Gasteiger partial charge is 0.460 e. The average Bonchev–Trinajstić information content (AvgIpc) is 2.74. The van der Waals surface area contributed by atoms with Gasteiger partial charge in [0, 0.05) is 10.0 Å². The van der Waals surface area contributed by atoms with Gasteiger partial charge < -0.3 is 9.73 Å². The van der Waals surface area contributed by atoms with E-state index in [9.17, 15) is 0 Å². The maximum Gasteiger partial charge on any atom is 0.134 e. The molecule has 1 N–H and O–H groups in total. The quantitative estimate of drug-likeness (QED) is 0.924. The third-order valence-corrected chi connectivity index (χ3v) is 3.98. The van der Waals surface area contributed by atoms with Crippen LogP contribution in [0.4, 0.5) is 0 Å². The number of rotatable bonds is 3. The number of furan rings is 1.